The standard InChI is InChI=1S/C17H24O10S/c1-10-4-6-11(7-5-10)28(22,23)26-9-13(19)14(20)15-12(18)8-17(25-3,27-15)16(21)24-2/h4-7,12-15,18-20H,8-9H2,1-3H3/t12-,13-,14-,15-,17?/m1/s1. The van der Waals surface area contributed by atoms with Gasteiger partial charge >= 0.3 is 5.97 Å². The van der Waals surface area contributed by atoms with Gasteiger partial charge in [0.05, 0.1) is 24.7 Å². The minimum atomic E-state index is -4.16. The third-order valence-corrected chi connectivity index (χ3v) is 5.74. The maximum atomic E-state index is 12.2. The number of aryl methyl sites for hydroxylation is 1. The van der Waals surface area contributed by atoms with Gasteiger partial charge < -0.3 is 29.5 Å². The molecule has 5 atom stereocenters. The van der Waals surface area contributed by atoms with Crippen molar-refractivity contribution in [3.63, 3.8) is 0 Å². The number of rotatable bonds is 8. The molecule has 0 radical (unpaired) electrons. The molecule has 0 spiro atoms. The van der Waals surface area contributed by atoms with Gasteiger partial charge in [-0.2, -0.15) is 8.42 Å². The molecule has 0 amide bonds. The van der Waals surface area contributed by atoms with Gasteiger partial charge in [-0.25, -0.2) is 4.79 Å². The zero-order valence-electron chi connectivity index (χ0n) is 15.6. The minimum Gasteiger partial charge on any atom is -0.465 e. The first-order valence-corrected chi connectivity index (χ1v) is 9.79. The number of methoxy groups -OCH3 is 2. The largest absolute Gasteiger partial charge is 0.465 e. The Morgan fingerprint density at radius 1 is 1.29 bits per heavy atom. The second-order valence-electron chi connectivity index (χ2n) is 6.41. The summed E-state index contributed by atoms with van der Waals surface area (Å²) in [6.45, 7) is 1.00. The maximum Gasteiger partial charge on any atom is 0.366 e. The molecule has 1 aliphatic rings. The van der Waals surface area contributed by atoms with Crippen molar-refractivity contribution in [1.82, 2.24) is 0 Å². The minimum absolute atomic E-state index is 0.110. The summed E-state index contributed by atoms with van der Waals surface area (Å²) in [6, 6.07) is 5.87. The Morgan fingerprint density at radius 3 is 2.43 bits per heavy atom. The van der Waals surface area contributed by atoms with Gasteiger partial charge in [0.1, 0.15) is 18.3 Å². The molecular weight excluding hydrogens is 396 g/mol. The number of carbonyl (C=O) groups excluding carboxylic acids is 1. The fraction of sp³-hybridized carbons (Fsp3) is 0.588. The second-order valence-corrected chi connectivity index (χ2v) is 8.03. The molecule has 1 aromatic rings. The SMILES string of the molecule is COC(=O)C1(OC)C[C@@H](O)[C@H]([C@H](O)[C@H](O)COS(=O)(=O)c2ccc(C)cc2)O1. The fourth-order valence-electron chi connectivity index (χ4n) is 2.79. The number of ether oxygens (including phenoxy) is 3. The molecule has 1 fully saturated rings. The van der Waals surface area contributed by atoms with Gasteiger partial charge in [-0.15, -0.1) is 0 Å². The molecule has 1 heterocycles. The quantitative estimate of drug-likeness (QED) is 0.356. The van der Waals surface area contributed by atoms with Crippen LogP contribution in [0.3, 0.4) is 0 Å². The lowest BCUT2D eigenvalue weighted by Crippen LogP contribution is -2.47. The van der Waals surface area contributed by atoms with E-state index in [1.54, 1.807) is 19.1 Å². The predicted molar refractivity (Wildman–Crippen MR) is 93.6 cm³/mol. The summed E-state index contributed by atoms with van der Waals surface area (Å²) >= 11 is 0. The number of aliphatic hydroxyl groups is 3. The molecule has 0 saturated carbocycles. The smallest absolute Gasteiger partial charge is 0.366 e. The Morgan fingerprint density at radius 2 is 1.89 bits per heavy atom. The molecule has 1 saturated heterocycles. The van der Waals surface area contributed by atoms with Gasteiger partial charge in [-0.3, -0.25) is 4.18 Å². The van der Waals surface area contributed by atoms with Crippen LogP contribution in [0.5, 0.6) is 0 Å². The van der Waals surface area contributed by atoms with Gasteiger partial charge in [0.25, 0.3) is 15.9 Å². The molecule has 2 rings (SSSR count). The van der Waals surface area contributed by atoms with Crippen molar-refractivity contribution in [3.05, 3.63) is 29.8 Å². The van der Waals surface area contributed by atoms with Gasteiger partial charge in [-0.05, 0) is 19.1 Å². The number of hydrogen-bond donors (Lipinski definition) is 3. The molecular formula is C17H24O10S. The summed E-state index contributed by atoms with van der Waals surface area (Å²) in [4.78, 5) is 11.7. The van der Waals surface area contributed by atoms with Gasteiger partial charge in [0, 0.05) is 13.5 Å². The Kier molecular flexibility index (Phi) is 7.15. The van der Waals surface area contributed by atoms with Crippen molar-refractivity contribution in [2.45, 2.75) is 48.4 Å². The average molecular weight is 420 g/mol. The summed E-state index contributed by atoms with van der Waals surface area (Å²) in [5, 5.41) is 30.5. The number of aliphatic hydroxyl groups excluding tert-OH is 3. The van der Waals surface area contributed by atoms with Crippen molar-refractivity contribution in [2.75, 3.05) is 20.8 Å². The van der Waals surface area contributed by atoms with Crippen LogP contribution in [-0.2, 0) is 33.3 Å². The monoisotopic (exact) mass is 420 g/mol. The lowest BCUT2D eigenvalue weighted by atomic mass is 10.0. The molecule has 28 heavy (non-hydrogen) atoms. The molecule has 0 bridgehead atoms. The van der Waals surface area contributed by atoms with Crippen LogP contribution < -0.4 is 0 Å². The normalized spacial score (nSPS) is 27.4. The first-order chi connectivity index (χ1) is 13.1. The van der Waals surface area contributed by atoms with Crippen LogP contribution in [0, 0.1) is 6.92 Å². The maximum absolute atomic E-state index is 12.2. The molecule has 1 aliphatic heterocycles. The topological polar surface area (TPSA) is 149 Å². The Balaban J connectivity index is 2.03. The van der Waals surface area contributed by atoms with E-state index < -0.39 is 52.9 Å². The highest BCUT2D eigenvalue weighted by Crippen LogP contribution is 2.35. The molecule has 1 unspecified atom stereocenters. The van der Waals surface area contributed by atoms with Crippen LogP contribution in [-0.4, -0.2) is 80.7 Å². The highest BCUT2D eigenvalue weighted by Gasteiger charge is 2.55. The summed E-state index contributed by atoms with van der Waals surface area (Å²) in [5.41, 5.74) is 0.856. The third kappa shape index (κ3) is 4.69. The van der Waals surface area contributed by atoms with Crippen LogP contribution in [0.4, 0.5) is 0 Å². The highest BCUT2D eigenvalue weighted by atomic mass is 32.2. The van der Waals surface area contributed by atoms with Crippen LogP contribution in [0.1, 0.15) is 12.0 Å². The second kappa shape index (κ2) is 8.82. The van der Waals surface area contributed by atoms with Crippen molar-refractivity contribution >= 4 is 16.1 Å². The van der Waals surface area contributed by atoms with E-state index >= 15 is 0 Å². The zero-order chi connectivity index (χ0) is 21.1. The van der Waals surface area contributed by atoms with Crippen molar-refractivity contribution in [3.8, 4) is 0 Å². The van der Waals surface area contributed by atoms with Crippen LogP contribution in [0.15, 0.2) is 29.2 Å². The molecule has 0 aliphatic carbocycles. The first kappa shape index (κ1) is 22.7. The first-order valence-electron chi connectivity index (χ1n) is 8.38. The van der Waals surface area contributed by atoms with E-state index in [1.165, 1.54) is 12.1 Å². The molecule has 0 aromatic heterocycles. The zero-order valence-corrected chi connectivity index (χ0v) is 16.5. The number of carbonyl (C=O) groups is 1. The van der Waals surface area contributed by atoms with E-state index in [9.17, 15) is 28.5 Å². The third-order valence-electron chi connectivity index (χ3n) is 4.44. The number of benzene rings is 1. The Bertz CT molecular complexity index is 778. The van der Waals surface area contributed by atoms with Crippen LogP contribution in [0.25, 0.3) is 0 Å². The number of hydrogen-bond acceptors (Lipinski definition) is 10. The molecule has 3 N–H and O–H groups in total. The van der Waals surface area contributed by atoms with Crippen molar-refractivity contribution in [1.29, 1.82) is 0 Å². The molecule has 11 heteroatoms. The summed E-state index contributed by atoms with van der Waals surface area (Å²) in [7, 11) is -1.90. The van der Waals surface area contributed by atoms with Gasteiger partial charge in [0.15, 0.2) is 0 Å². The van der Waals surface area contributed by atoms with E-state index in [-0.39, 0.29) is 11.3 Å². The Labute approximate surface area is 162 Å². The van der Waals surface area contributed by atoms with E-state index in [2.05, 4.69) is 4.74 Å². The molecule has 158 valence electrons. The van der Waals surface area contributed by atoms with Crippen LogP contribution in [0.2, 0.25) is 0 Å². The summed E-state index contributed by atoms with van der Waals surface area (Å²) in [5.74, 6) is -2.86. The highest BCUT2D eigenvalue weighted by molar-refractivity contribution is 7.86. The average Bonchev–Trinajstić information content (AvgIpc) is 3.03. The van der Waals surface area contributed by atoms with Gasteiger partial charge in [0.2, 0.25) is 0 Å². The van der Waals surface area contributed by atoms with Crippen molar-refractivity contribution < 1.29 is 46.9 Å². The summed E-state index contributed by atoms with van der Waals surface area (Å²) < 4.78 is 44.0. The van der Waals surface area contributed by atoms with Gasteiger partial charge in [-0.1, -0.05) is 17.7 Å². The molecule has 1 aromatic carbocycles. The number of esters is 1. The lowest BCUT2D eigenvalue weighted by molar-refractivity contribution is -0.242. The van der Waals surface area contributed by atoms with E-state index in [0.29, 0.717) is 0 Å². The van der Waals surface area contributed by atoms with E-state index in [4.69, 9.17) is 13.7 Å². The van der Waals surface area contributed by atoms with E-state index in [1.807, 2.05) is 0 Å². The molecule has 10 nitrogen and oxygen atoms in total. The predicted octanol–water partition coefficient (Wildman–Crippen LogP) is -0.912. The summed E-state index contributed by atoms with van der Waals surface area (Å²) in [6.07, 6.45) is -6.64. The lowest BCUT2D eigenvalue weighted by Gasteiger charge is -2.27. The van der Waals surface area contributed by atoms with Crippen molar-refractivity contribution in [2.24, 2.45) is 0 Å². The van der Waals surface area contributed by atoms with E-state index in [0.717, 1.165) is 19.8 Å². The fourth-order valence-corrected chi connectivity index (χ4v) is 3.71. The Hall–Kier alpha value is -1.60. The van der Waals surface area contributed by atoms with Crippen LogP contribution >= 0.6 is 0 Å².